The molecule has 0 radical (unpaired) electrons. The molecule has 0 atom stereocenters. The van der Waals surface area contributed by atoms with Gasteiger partial charge in [-0.15, -0.1) is 11.3 Å². The van der Waals surface area contributed by atoms with E-state index in [0.29, 0.717) is 16.0 Å². The zero-order chi connectivity index (χ0) is 28.9. The van der Waals surface area contributed by atoms with Crippen LogP contribution < -0.4 is 15.4 Å². The molecular weight excluding hydrogens is 563 g/mol. The van der Waals surface area contributed by atoms with Crippen molar-refractivity contribution < 1.29 is 31.4 Å². The van der Waals surface area contributed by atoms with E-state index in [2.05, 4.69) is 34.4 Å². The second kappa shape index (κ2) is 12.7. The van der Waals surface area contributed by atoms with Crippen molar-refractivity contribution in [3.05, 3.63) is 46.8 Å². The molecule has 1 saturated heterocycles. The maximum absolute atomic E-state index is 13.6. The second-order valence-electron chi connectivity index (χ2n) is 9.76. The van der Waals surface area contributed by atoms with Crippen LogP contribution >= 0.6 is 11.3 Å². The number of halogens is 3. The van der Waals surface area contributed by atoms with Gasteiger partial charge in [0.2, 0.25) is 0 Å². The lowest BCUT2D eigenvalue weighted by Crippen LogP contribution is -2.36. The first kappa shape index (κ1) is 30.0. The fourth-order valence-corrected chi connectivity index (χ4v) is 6.36. The Kier molecular flexibility index (Phi) is 9.51. The van der Waals surface area contributed by atoms with Crippen LogP contribution in [-0.2, 0) is 16.3 Å². The normalized spacial score (nSPS) is 15.1. The number of nitrogens with zero attached hydrogens (tertiary/aromatic N) is 1. The molecule has 4 rings (SSSR count). The van der Waals surface area contributed by atoms with Gasteiger partial charge in [-0.25, -0.2) is 8.42 Å². The van der Waals surface area contributed by atoms with Crippen LogP contribution in [0, 0.1) is 11.8 Å². The number of aliphatic hydroxyl groups excluding tert-OH is 1. The van der Waals surface area contributed by atoms with Crippen LogP contribution in [0.5, 0.6) is 5.75 Å². The molecular formula is C28H32F3N3O4S2. The number of rotatable bonds is 9. The molecule has 216 valence electrons. The SMILES string of the molecule is CN1CCC(Nc2cccc3c(CC(F)(F)F)c(C#CCNc4ccc(S(C)(=O)=O)cc4OCCO)sc23)CC1. The Balaban J connectivity index is 1.59. The van der Waals surface area contributed by atoms with Crippen molar-refractivity contribution in [3.63, 3.8) is 0 Å². The number of ether oxygens (including phenoxy) is 1. The number of anilines is 2. The van der Waals surface area contributed by atoms with Crippen LogP contribution in [-0.4, -0.2) is 76.8 Å². The largest absolute Gasteiger partial charge is 0.489 e. The minimum absolute atomic E-state index is 0.0376. The van der Waals surface area contributed by atoms with Gasteiger partial charge in [0.05, 0.1) is 45.4 Å². The van der Waals surface area contributed by atoms with Gasteiger partial charge < -0.3 is 25.4 Å². The lowest BCUT2D eigenvalue weighted by Gasteiger charge is -2.30. The van der Waals surface area contributed by atoms with Gasteiger partial charge in [0, 0.05) is 18.4 Å². The second-order valence-corrected chi connectivity index (χ2v) is 12.8. The minimum atomic E-state index is -4.39. The molecule has 0 unspecified atom stereocenters. The summed E-state index contributed by atoms with van der Waals surface area (Å²) in [4.78, 5) is 2.68. The minimum Gasteiger partial charge on any atom is -0.489 e. The van der Waals surface area contributed by atoms with Crippen molar-refractivity contribution >= 4 is 42.6 Å². The molecule has 3 aromatic rings. The van der Waals surface area contributed by atoms with Gasteiger partial charge in [0.25, 0.3) is 0 Å². The Morgan fingerprint density at radius 3 is 2.60 bits per heavy atom. The lowest BCUT2D eigenvalue weighted by molar-refractivity contribution is -0.126. The Morgan fingerprint density at radius 2 is 1.93 bits per heavy atom. The monoisotopic (exact) mass is 595 g/mol. The van der Waals surface area contributed by atoms with Crippen LogP contribution in [0.4, 0.5) is 24.5 Å². The number of hydrogen-bond donors (Lipinski definition) is 3. The highest BCUT2D eigenvalue weighted by Crippen LogP contribution is 2.39. The number of piperidine rings is 1. The third-order valence-electron chi connectivity index (χ3n) is 6.57. The number of likely N-dealkylation sites (tertiary alicyclic amines) is 1. The molecule has 0 amide bonds. The quantitative estimate of drug-likeness (QED) is 0.308. The third-order valence-corrected chi connectivity index (χ3v) is 8.88. The van der Waals surface area contributed by atoms with E-state index in [4.69, 9.17) is 9.84 Å². The van der Waals surface area contributed by atoms with Crippen LogP contribution in [0.15, 0.2) is 41.3 Å². The first-order valence-corrected chi connectivity index (χ1v) is 15.5. The van der Waals surface area contributed by atoms with E-state index in [1.54, 1.807) is 12.1 Å². The Hall–Kier alpha value is -2.98. The van der Waals surface area contributed by atoms with Gasteiger partial charge in [-0.1, -0.05) is 24.0 Å². The lowest BCUT2D eigenvalue weighted by atomic mass is 10.0. The number of fused-ring (bicyclic) bond motifs is 1. The summed E-state index contributed by atoms with van der Waals surface area (Å²) in [6.45, 7) is 1.71. The average molecular weight is 596 g/mol. The van der Waals surface area contributed by atoms with Gasteiger partial charge in [-0.05, 0) is 62.1 Å². The number of thiophene rings is 1. The number of alkyl halides is 3. The standard InChI is InChI=1S/C28H32F3N3O4S2/c1-34-13-10-19(11-14-34)33-24-6-3-5-21-22(18-28(29,30)31)26(39-27(21)24)7-4-12-32-23-9-8-20(40(2,36)37)17-25(23)38-16-15-35/h3,5-6,8-9,17,19,32-33,35H,10-16,18H2,1-2H3. The summed E-state index contributed by atoms with van der Waals surface area (Å²) < 4.78 is 70.7. The number of sulfone groups is 1. The number of benzene rings is 2. The summed E-state index contributed by atoms with van der Waals surface area (Å²) in [6, 6.07) is 9.95. The predicted molar refractivity (Wildman–Crippen MR) is 153 cm³/mol. The average Bonchev–Trinajstić information content (AvgIpc) is 3.23. The predicted octanol–water partition coefficient (Wildman–Crippen LogP) is 4.75. The molecule has 12 heteroatoms. The molecule has 2 heterocycles. The van der Waals surface area contributed by atoms with Gasteiger partial charge in [-0.3, -0.25) is 0 Å². The van der Waals surface area contributed by atoms with Crippen LogP contribution in [0.1, 0.15) is 23.3 Å². The molecule has 1 fully saturated rings. The molecule has 0 spiro atoms. The van der Waals surface area contributed by atoms with E-state index in [1.165, 1.54) is 29.5 Å². The van der Waals surface area contributed by atoms with E-state index in [1.807, 2.05) is 6.07 Å². The molecule has 40 heavy (non-hydrogen) atoms. The Bertz CT molecular complexity index is 1500. The Morgan fingerprint density at radius 1 is 1.18 bits per heavy atom. The van der Waals surface area contributed by atoms with Gasteiger partial charge >= 0.3 is 6.18 Å². The highest BCUT2D eigenvalue weighted by Gasteiger charge is 2.31. The van der Waals surface area contributed by atoms with Crippen LogP contribution in [0.25, 0.3) is 10.1 Å². The fraction of sp³-hybridized carbons (Fsp3) is 0.429. The fourth-order valence-electron chi connectivity index (χ4n) is 4.55. The molecule has 0 aliphatic carbocycles. The maximum atomic E-state index is 13.6. The molecule has 7 nitrogen and oxygen atoms in total. The number of nitrogens with one attached hydrogen (secondary N) is 2. The van der Waals surface area contributed by atoms with Crippen molar-refractivity contribution in [2.75, 3.05) is 56.8 Å². The van der Waals surface area contributed by atoms with E-state index < -0.39 is 22.4 Å². The van der Waals surface area contributed by atoms with E-state index >= 15 is 0 Å². The first-order valence-electron chi connectivity index (χ1n) is 12.8. The first-order chi connectivity index (χ1) is 18.9. The van der Waals surface area contributed by atoms with Gasteiger partial charge in [0.1, 0.15) is 12.4 Å². The topological polar surface area (TPSA) is 90.9 Å². The van der Waals surface area contributed by atoms with Crippen LogP contribution in [0.2, 0.25) is 0 Å². The molecule has 0 bridgehead atoms. The molecule has 1 aliphatic rings. The highest BCUT2D eigenvalue weighted by molar-refractivity contribution is 7.90. The molecule has 1 aromatic heterocycles. The van der Waals surface area contributed by atoms with Crippen molar-refractivity contribution in [3.8, 4) is 17.6 Å². The summed E-state index contributed by atoms with van der Waals surface area (Å²) >= 11 is 1.25. The molecule has 0 saturated carbocycles. The van der Waals surface area contributed by atoms with Crippen molar-refractivity contribution in [2.45, 2.75) is 36.4 Å². The Labute approximate surface area is 236 Å². The van der Waals surface area contributed by atoms with Crippen molar-refractivity contribution in [2.24, 2.45) is 0 Å². The molecule has 2 aromatic carbocycles. The van der Waals surface area contributed by atoms with Gasteiger partial charge in [-0.2, -0.15) is 13.2 Å². The summed E-state index contributed by atoms with van der Waals surface area (Å²) in [5.41, 5.74) is 1.44. The summed E-state index contributed by atoms with van der Waals surface area (Å²) in [6.07, 6.45) is -2.47. The van der Waals surface area contributed by atoms with E-state index in [0.717, 1.165) is 42.6 Å². The molecule has 1 aliphatic heterocycles. The van der Waals surface area contributed by atoms with Crippen molar-refractivity contribution in [1.29, 1.82) is 0 Å². The zero-order valence-electron chi connectivity index (χ0n) is 22.3. The highest BCUT2D eigenvalue weighted by atomic mass is 32.2. The van der Waals surface area contributed by atoms with E-state index in [9.17, 15) is 21.6 Å². The zero-order valence-corrected chi connectivity index (χ0v) is 23.9. The van der Waals surface area contributed by atoms with Gasteiger partial charge in [0.15, 0.2) is 9.84 Å². The van der Waals surface area contributed by atoms with E-state index in [-0.39, 0.29) is 42.0 Å². The summed E-state index contributed by atoms with van der Waals surface area (Å²) in [7, 11) is -1.40. The maximum Gasteiger partial charge on any atom is 0.393 e. The number of aliphatic hydroxyl groups is 1. The van der Waals surface area contributed by atoms with Crippen LogP contribution in [0.3, 0.4) is 0 Å². The number of hydrogen-bond acceptors (Lipinski definition) is 8. The third kappa shape index (κ3) is 7.81. The summed E-state index contributed by atoms with van der Waals surface area (Å²) in [5.74, 6) is 6.05. The molecule has 3 N–H and O–H groups in total. The van der Waals surface area contributed by atoms with Crippen molar-refractivity contribution in [1.82, 2.24) is 4.90 Å². The smallest absolute Gasteiger partial charge is 0.393 e. The summed E-state index contributed by atoms with van der Waals surface area (Å²) in [5, 5.41) is 16.2.